The summed E-state index contributed by atoms with van der Waals surface area (Å²) in [6, 6.07) is 31.9. The van der Waals surface area contributed by atoms with Gasteiger partial charge in [-0.25, -0.2) is 4.98 Å². The molecule has 0 atom stereocenters. The minimum atomic E-state index is 0.110. The molecule has 0 amide bonds. The quantitative estimate of drug-likeness (QED) is 0.298. The summed E-state index contributed by atoms with van der Waals surface area (Å²) in [6.45, 7) is 0. The molecule has 28 heavy (non-hydrogen) atoms. The Hall–Kier alpha value is -2.42. The highest BCUT2D eigenvalue weighted by atomic mass is 35.5. The van der Waals surface area contributed by atoms with Crippen LogP contribution in [-0.4, -0.2) is 10.9 Å². The van der Waals surface area contributed by atoms with Crippen molar-refractivity contribution in [2.45, 2.75) is 18.8 Å². The Labute approximate surface area is 175 Å². The molecule has 0 saturated heterocycles. The largest absolute Gasteiger partial charge is 0.245 e. The number of hydrogen-bond donors (Lipinski definition) is 0. The normalized spacial score (nSPS) is 11.1. The third-order valence-corrected chi connectivity index (χ3v) is 6.24. The van der Waals surface area contributed by atoms with Crippen LogP contribution in [0.2, 0.25) is 0 Å². The van der Waals surface area contributed by atoms with Crippen LogP contribution in [0.5, 0.6) is 0 Å². The fraction of sp³-hybridized carbons (Fsp3) is 0.160. The summed E-state index contributed by atoms with van der Waals surface area (Å²) in [5.74, 6) is 0.773. The number of aryl methyl sites for hydroxylation is 1. The molecule has 1 nitrogen and oxygen atoms in total. The molecule has 0 aliphatic rings. The van der Waals surface area contributed by atoms with Gasteiger partial charge < -0.3 is 0 Å². The smallest absolute Gasteiger partial charge is 0.0935 e. The topological polar surface area (TPSA) is 12.9 Å². The van der Waals surface area contributed by atoms with E-state index in [4.69, 9.17) is 16.6 Å². The Bertz CT molecular complexity index is 957. The summed E-state index contributed by atoms with van der Waals surface area (Å²) in [6.07, 6.45) is 1.87. The first-order valence-electron chi connectivity index (χ1n) is 9.57. The zero-order chi connectivity index (χ0) is 19.2. The van der Waals surface area contributed by atoms with Gasteiger partial charge in [0, 0.05) is 12.3 Å². The van der Waals surface area contributed by atoms with Crippen LogP contribution in [0.15, 0.2) is 91.0 Å². The fourth-order valence-corrected chi connectivity index (χ4v) is 4.78. The van der Waals surface area contributed by atoms with Crippen LogP contribution < -0.4 is 0 Å². The number of aromatic nitrogens is 1. The minimum Gasteiger partial charge on any atom is -0.245 e. The lowest BCUT2D eigenvalue weighted by atomic mass is 9.87. The molecule has 4 rings (SSSR count). The van der Waals surface area contributed by atoms with Crippen molar-refractivity contribution in [2.24, 2.45) is 0 Å². The molecule has 4 aromatic rings. The Morgan fingerprint density at radius 1 is 0.750 bits per heavy atom. The van der Waals surface area contributed by atoms with E-state index in [2.05, 4.69) is 91.0 Å². The van der Waals surface area contributed by atoms with Crippen molar-refractivity contribution in [1.29, 1.82) is 0 Å². The molecule has 3 aromatic carbocycles. The summed E-state index contributed by atoms with van der Waals surface area (Å²) < 4.78 is 0. The molecule has 0 bridgehead atoms. The van der Waals surface area contributed by atoms with E-state index in [1.165, 1.54) is 21.6 Å². The van der Waals surface area contributed by atoms with Gasteiger partial charge in [-0.05, 0) is 23.1 Å². The highest BCUT2D eigenvalue weighted by Crippen LogP contribution is 2.40. The average Bonchev–Trinajstić information content (AvgIpc) is 3.18. The van der Waals surface area contributed by atoms with Crippen molar-refractivity contribution in [3.63, 3.8) is 0 Å². The molecule has 0 aliphatic heterocycles. The maximum atomic E-state index is 5.95. The highest BCUT2D eigenvalue weighted by molar-refractivity contribution is 7.15. The van der Waals surface area contributed by atoms with Crippen LogP contribution in [0.3, 0.4) is 0 Å². The lowest BCUT2D eigenvalue weighted by Gasteiger charge is -2.18. The molecule has 140 valence electrons. The van der Waals surface area contributed by atoms with Crippen molar-refractivity contribution in [3.8, 4) is 10.4 Å². The van der Waals surface area contributed by atoms with Gasteiger partial charge in [0.15, 0.2) is 0 Å². The van der Waals surface area contributed by atoms with E-state index >= 15 is 0 Å². The SMILES string of the molecule is ClCCCc1nc(C(c2ccccc2)c2ccccc2)c(-c2ccccc2)s1. The second-order valence-electron chi connectivity index (χ2n) is 6.73. The highest BCUT2D eigenvalue weighted by Gasteiger charge is 2.24. The van der Waals surface area contributed by atoms with Crippen LogP contribution in [0.1, 0.15) is 34.2 Å². The van der Waals surface area contributed by atoms with Crippen LogP contribution in [-0.2, 0) is 6.42 Å². The van der Waals surface area contributed by atoms with Gasteiger partial charge in [-0.15, -0.1) is 22.9 Å². The Balaban J connectivity index is 1.89. The molecule has 1 heterocycles. The fourth-order valence-electron chi connectivity index (χ4n) is 3.49. The van der Waals surface area contributed by atoms with Gasteiger partial charge in [-0.2, -0.15) is 0 Å². The molecule has 0 aliphatic carbocycles. The first kappa shape index (κ1) is 18.9. The standard InChI is InChI=1S/C25H22ClNS/c26-18-10-17-22-27-24(25(28-22)21-15-8-3-9-16-21)23(19-11-4-1-5-12-19)20-13-6-2-7-14-20/h1-9,11-16,23H,10,17-18H2. The molecule has 0 N–H and O–H groups in total. The summed E-state index contributed by atoms with van der Waals surface area (Å²) >= 11 is 7.75. The van der Waals surface area contributed by atoms with Crippen LogP contribution in [0, 0.1) is 0 Å². The van der Waals surface area contributed by atoms with Crippen LogP contribution in [0.25, 0.3) is 10.4 Å². The zero-order valence-electron chi connectivity index (χ0n) is 15.6. The lowest BCUT2D eigenvalue weighted by Crippen LogP contribution is -2.05. The predicted molar refractivity (Wildman–Crippen MR) is 120 cm³/mol. The van der Waals surface area contributed by atoms with E-state index in [9.17, 15) is 0 Å². The van der Waals surface area contributed by atoms with Crippen LogP contribution >= 0.6 is 22.9 Å². The van der Waals surface area contributed by atoms with Crippen molar-refractivity contribution in [3.05, 3.63) is 113 Å². The molecule has 0 spiro atoms. The predicted octanol–water partition coefficient (Wildman–Crippen LogP) is 7.16. The number of halogens is 1. The van der Waals surface area contributed by atoms with E-state index in [0.717, 1.165) is 23.5 Å². The summed E-state index contributed by atoms with van der Waals surface area (Å²) in [4.78, 5) is 6.39. The second kappa shape index (κ2) is 9.18. The molecule has 0 unspecified atom stereocenters. The Morgan fingerprint density at radius 2 is 1.29 bits per heavy atom. The van der Waals surface area contributed by atoms with E-state index in [0.29, 0.717) is 5.88 Å². The summed E-state index contributed by atoms with van der Waals surface area (Å²) in [7, 11) is 0. The molecule has 3 heteroatoms. The number of rotatable bonds is 7. The maximum Gasteiger partial charge on any atom is 0.0935 e. The van der Waals surface area contributed by atoms with Gasteiger partial charge >= 0.3 is 0 Å². The number of hydrogen-bond acceptors (Lipinski definition) is 2. The van der Waals surface area contributed by atoms with Crippen molar-refractivity contribution >= 4 is 22.9 Å². The minimum absolute atomic E-state index is 0.110. The second-order valence-corrected chi connectivity index (χ2v) is 8.20. The zero-order valence-corrected chi connectivity index (χ0v) is 17.2. The van der Waals surface area contributed by atoms with E-state index < -0.39 is 0 Å². The van der Waals surface area contributed by atoms with Crippen LogP contribution in [0.4, 0.5) is 0 Å². The van der Waals surface area contributed by atoms with Crippen molar-refractivity contribution < 1.29 is 0 Å². The monoisotopic (exact) mass is 403 g/mol. The van der Waals surface area contributed by atoms with Gasteiger partial charge in [0.1, 0.15) is 0 Å². The maximum absolute atomic E-state index is 5.95. The van der Waals surface area contributed by atoms with Gasteiger partial charge in [0.25, 0.3) is 0 Å². The Morgan fingerprint density at radius 3 is 1.82 bits per heavy atom. The van der Waals surface area contributed by atoms with Gasteiger partial charge in [0.2, 0.25) is 0 Å². The number of alkyl halides is 1. The molecule has 0 fully saturated rings. The lowest BCUT2D eigenvalue weighted by molar-refractivity contribution is 0.875. The summed E-state index contributed by atoms with van der Waals surface area (Å²) in [5, 5.41) is 1.16. The Kier molecular flexibility index (Phi) is 6.20. The van der Waals surface area contributed by atoms with Crippen molar-refractivity contribution in [2.75, 3.05) is 5.88 Å². The number of benzene rings is 3. The average molecular weight is 404 g/mol. The first-order valence-corrected chi connectivity index (χ1v) is 10.9. The van der Waals surface area contributed by atoms with Gasteiger partial charge in [-0.1, -0.05) is 91.0 Å². The van der Waals surface area contributed by atoms with Gasteiger partial charge in [0.05, 0.1) is 21.5 Å². The molecule has 1 aromatic heterocycles. The first-order chi connectivity index (χ1) is 13.9. The molecule has 0 radical (unpaired) electrons. The summed E-state index contributed by atoms with van der Waals surface area (Å²) in [5.41, 5.74) is 4.89. The van der Waals surface area contributed by atoms with Crippen molar-refractivity contribution in [1.82, 2.24) is 4.98 Å². The van der Waals surface area contributed by atoms with E-state index in [-0.39, 0.29) is 5.92 Å². The van der Waals surface area contributed by atoms with E-state index in [1.807, 2.05) is 0 Å². The number of thiazole rings is 1. The molecule has 0 saturated carbocycles. The third kappa shape index (κ3) is 4.19. The van der Waals surface area contributed by atoms with E-state index in [1.54, 1.807) is 11.3 Å². The van der Waals surface area contributed by atoms with Gasteiger partial charge in [-0.3, -0.25) is 0 Å². The third-order valence-electron chi connectivity index (χ3n) is 4.80. The molecular formula is C25H22ClNS. The number of nitrogens with zero attached hydrogens (tertiary/aromatic N) is 1. The molecular weight excluding hydrogens is 382 g/mol.